The van der Waals surface area contributed by atoms with Crippen LogP contribution in [0.1, 0.15) is 31.7 Å². The monoisotopic (exact) mass is 258 g/mol. The van der Waals surface area contributed by atoms with Gasteiger partial charge in [0.05, 0.1) is 6.07 Å². The molecule has 4 heteroatoms. The second-order valence-corrected chi connectivity index (χ2v) is 4.38. The molecule has 1 aromatic carbocycles. The number of aryl methyl sites for hydroxylation is 2. The number of hydrogen-bond donors (Lipinski definition) is 1. The molecule has 0 aliphatic carbocycles. The molecule has 1 aromatic heterocycles. The lowest BCUT2D eigenvalue weighted by Crippen LogP contribution is -2.10. The maximum absolute atomic E-state index is 11.4. The molecule has 2 rings (SSSR count). The van der Waals surface area contributed by atoms with Crippen molar-refractivity contribution in [1.82, 2.24) is 9.97 Å². The first-order valence-corrected chi connectivity index (χ1v) is 6.58. The highest BCUT2D eigenvalue weighted by Crippen LogP contribution is 2.19. The average Bonchev–Trinajstić information content (AvgIpc) is 2.40. The van der Waals surface area contributed by atoms with Gasteiger partial charge in [-0.3, -0.25) is 4.79 Å². The van der Waals surface area contributed by atoms with Gasteiger partial charge in [-0.25, -0.2) is 0 Å². The minimum Gasteiger partial charge on any atom is -0.439 e. The molecule has 2 aromatic rings. The van der Waals surface area contributed by atoms with Gasteiger partial charge >= 0.3 is 0 Å². The number of nitrogens with one attached hydrogen (secondary N) is 1. The molecule has 0 spiro atoms. The standard InChI is InChI=1S/C15H18N2O2/c1-3-5-11-6-8-12(9-7-11)19-15-10-14(18)16-13(4-2)17-15/h6-10H,3-5H2,1-2H3,(H,16,17,18). The molecule has 19 heavy (non-hydrogen) atoms. The third-order valence-electron chi connectivity index (χ3n) is 2.79. The molecule has 0 fully saturated rings. The number of ether oxygens (including phenoxy) is 1. The third kappa shape index (κ3) is 3.68. The Morgan fingerprint density at radius 2 is 1.95 bits per heavy atom. The fourth-order valence-corrected chi connectivity index (χ4v) is 1.84. The molecule has 4 nitrogen and oxygen atoms in total. The van der Waals surface area contributed by atoms with E-state index in [-0.39, 0.29) is 5.56 Å². The van der Waals surface area contributed by atoms with Gasteiger partial charge in [-0.05, 0) is 24.1 Å². The highest BCUT2D eigenvalue weighted by atomic mass is 16.5. The molecule has 0 amide bonds. The van der Waals surface area contributed by atoms with Crippen LogP contribution < -0.4 is 10.3 Å². The summed E-state index contributed by atoms with van der Waals surface area (Å²) in [5.74, 6) is 1.66. The summed E-state index contributed by atoms with van der Waals surface area (Å²) >= 11 is 0. The predicted molar refractivity (Wildman–Crippen MR) is 74.7 cm³/mol. The van der Waals surface area contributed by atoms with Crippen LogP contribution in [0.15, 0.2) is 35.1 Å². The third-order valence-corrected chi connectivity index (χ3v) is 2.79. The van der Waals surface area contributed by atoms with E-state index in [1.165, 1.54) is 11.6 Å². The van der Waals surface area contributed by atoms with Crippen LogP contribution in [0.3, 0.4) is 0 Å². The quantitative estimate of drug-likeness (QED) is 0.896. The van der Waals surface area contributed by atoms with Crippen molar-refractivity contribution in [3.8, 4) is 11.6 Å². The van der Waals surface area contributed by atoms with Gasteiger partial charge in [-0.1, -0.05) is 32.4 Å². The number of nitrogens with zero attached hydrogens (tertiary/aromatic N) is 1. The fourth-order valence-electron chi connectivity index (χ4n) is 1.84. The van der Waals surface area contributed by atoms with E-state index in [9.17, 15) is 4.79 Å². The first kappa shape index (κ1) is 13.3. The number of rotatable bonds is 5. The molecule has 1 heterocycles. The van der Waals surface area contributed by atoms with E-state index in [2.05, 4.69) is 16.9 Å². The van der Waals surface area contributed by atoms with Gasteiger partial charge in [0.15, 0.2) is 0 Å². The van der Waals surface area contributed by atoms with Crippen molar-refractivity contribution < 1.29 is 4.74 Å². The summed E-state index contributed by atoms with van der Waals surface area (Å²) in [4.78, 5) is 18.3. The summed E-state index contributed by atoms with van der Waals surface area (Å²) in [6.07, 6.45) is 2.85. The second kappa shape index (κ2) is 6.18. The molecule has 0 aliphatic heterocycles. The Balaban J connectivity index is 2.16. The molecule has 0 radical (unpaired) electrons. The summed E-state index contributed by atoms with van der Waals surface area (Å²) in [5.41, 5.74) is 1.09. The zero-order chi connectivity index (χ0) is 13.7. The van der Waals surface area contributed by atoms with E-state index in [1.54, 1.807) is 0 Å². The van der Waals surface area contributed by atoms with Crippen molar-refractivity contribution in [2.75, 3.05) is 0 Å². The van der Waals surface area contributed by atoms with Gasteiger partial charge in [0.2, 0.25) is 5.88 Å². The Labute approximate surface area is 112 Å². The molecule has 0 unspecified atom stereocenters. The van der Waals surface area contributed by atoms with E-state index in [1.807, 2.05) is 31.2 Å². The number of aromatic amines is 1. The van der Waals surface area contributed by atoms with E-state index in [0.717, 1.165) is 12.8 Å². The number of aromatic nitrogens is 2. The van der Waals surface area contributed by atoms with E-state index < -0.39 is 0 Å². The maximum atomic E-state index is 11.4. The lowest BCUT2D eigenvalue weighted by molar-refractivity contribution is 0.457. The summed E-state index contributed by atoms with van der Waals surface area (Å²) in [5, 5.41) is 0. The van der Waals surface area contributed by atoms with Crippen molar-refractivity contribution in [3.05, 3.63) is 52.1 Å². The highest BCUT2D eigenvalue weighted by molar-refractivity contribution is 5.30. The summed E-state index contributed by atoms with van der Waals surface area (Å²) in [6, 6.07) is 9.23. The van der Waals surface area contributed by atoms with Gasteiger partial charge < -0.3 is 9.72 Å². The van der Waals surface area contributed by atoms with E-state index in [4.69, 9.17) is 4.74 Å². The molecule has 0 saturated carbocycles. The summed E-state index contributed by atoms with van der Waals surface area (Å²) in [6.45, 7) is 4.08. The minimum atomic E-state index is -0.190. The van der Waals surface area contributed by atoms with Crippen LogP contribution in [0.25, 0.3) is 0 Å². The van der Waals surface area contributed by atoms with E-state index >= 15 is 0 Å². The van der Waals surface area contributed by atoms with Crippen molar-refractivity contribution in [2.24, 2.45) is 0 Å². The smallest absolute Gasteiger partial charge is 0.254 e. The summed E-state index contributed by atoms with van der Waals surface area (Å²) in [7, 11) is 0. The molecule has 1 N–H and O–H groups in total. The molecular formula is C15H18N2O2. The van der Waals surface area contributed by atoms with Crippen LogP contribution in [0.4, 0.5) is 0 Å². The largest absolute Gasteiger partial charge is 0.439 e. The van der Waals surface area contributed by atoms with Crippen LogP contribution in [0.5, 0.6) is 11.6 Å². The Morgan fingerprint density at radius 1 is 1.21 bits per heavy atom. The minimum absolute atomic E-state index is 0.190. The van der Waals surface area contributed by atoms with Gasteiger partial charge in [0, 0.05) is 6.42 Å². The number of H-pyrrole nitrogens is 1. The zero-order valence-electron chi connectivity index (χ0n) is 11.3. The molecule has 0 bridgehead atoms. The van der Waals surface area contributed by atoms with Crippen LogP contribution in [0.2, 0.25) is 0 Å². The SMILES string of the molecule is CCCc1ccc(Oc2cc(=O)[nH]c(CC)n2)cc1. The highest BCUT2D eigenvalue weighted by Gasteiger charge is 2.03. The first-order valence-electron chi connectivity index (χ1n) is 6.58. The molecule has 0 saturated heterocycles. The van der Waals surface area contributed by atoms with Crippen LogP contribution in [-0.2, 0) is 12.8 Å². The second-order valence-electron chi connectivity index (χ2n) is 4.38. The predicted octanol–water partition coefficient (Wildman–Crippen LogP) is 3.08. The molecule has 0 aliphatic rings. The lowest BCUT2D eigenvalue weighted by atomic mass is 10.1. The Kier molecular flexibility index (Phi) is 4.34. The Morgan fingerprint density at radius 3 is 2.58 bits per heavy atom. The number of hydrogen-bond acceptors (Lipinski definition) is 3. The van der Waals surface area contributed by atoms with Crippen molar-refractivity contribution in [3.63, 3.8) is 0 Å². The summed E-state index contributed by atoms with van der Waals surface area (Å²) < 4.78 is 5.60. The van der Waals surface area contributed by atoms with Crippen LogP contribution in [0, 0.1) is 0 Å². The Hall–Kier alpha value is -2.10. The van der Waals surface area contributed by atoms with Crippen LogP contribution in [-0.4, -0.2) is 9.97 Å². The van der Waals surface area contributed by atoms with E-state index in [0.29, 0.717) is 23.9 Å². The van der Waals surface area contributed by atoms with Crippen molar-refractivity contribution in [1.29, 1.82) is 0 Å². The molecular weight excluding hydrogens is 240 g/mol. The lowest BCUT2D eigenvalue weighted by Gasteiger charge is -2.06. The topological polar surface area (TPSA) is 55.0 Å². The fraction of sp³-hybridized carbons (Fsp3) is 0.333. The zero-order valence-corrected chi connectivity index (χ0v) is 11.3. The molecule has 0 atom stereocenters. The van der Waals surface area contributed by atoms with Crippen molar-refractivity contribution in [2.45, 2.75) is 33.1 Å². The van der Waals surface area contributed by atoms with Gasteiger partial charge in [0.25, 0.3) is 5.56 Å². The normalized spacial score (nSPS) is 10.4. The maximum Gasteiger partial charge on any atom is 0.254 e. The van der Waals surface area contributed by atoms with Crippen molar-refractivity contribution >= 4 is 0 Å². The van der Waals surface area contributed by atoms with Gasteiger partial charge in [-0.15, -0.1) is 0 Å². The Bertz CT molecular complexity index is 588. The van der Waals surface area contributed by atoms with Gasteiger partial charge in [-0.2, -0.15) is 4.98 Å². The van der Waals surface area contributed by atoms with Crippen LogP contribution >= 0.6 is 0 Å². The molecule has 100 valence electrons. The number of benzene rings is 1. The average molecular weight is 258 g/mol. The first-order chi connectivity index (χ1) is 9.21. The van der Waals surface area contributed by atoms with Gasteiger partial charge in [0.1, 0.15) is 11.6 Å².